The van der Waals surface area contributed by atoms with Gasteiger partial charge in [-0.3, -0.25) is 4.79 Å². The Hall–Kier alpha value is -3.04. The highest BCUT2D eigenvalue weighted by atomic mass is 32.2. The van der Waals surface area contributed by atoms with E-state index in [0.717, 1.165) is 17.5 Å². The Balaban J connectivity index is 1.44. The fourth-order valence-corrected chi connectivity index (χ4v) is 5.19. The third kappa shape index (κ3) is 4.67. The van der Waals surface area contributed by atoms with Gasteiger partial charge in [-0.2, -0.15) is 9.29 Å². The zero-order valence-electron chi connectivity index (χ0n) is 17.1. The molecule has 1 aliphatic heterocycles. The summed E-state index contributed by atoms with van der Waals surface area (Å²) in [4.78, 5) is 17.2. The smallest absolute Gasteiger partial charge is 0.324 e. The van der Waals surface area contributed by atoms with Crippen LogP contribution < -0.4 is 0 Å². The van der Waals surface area contributed by atoms with Crippen LogP contribution in [0.4, 0.5) is 0 Å². The average molecular weight is 442 g/mol. The number of nitrogens with zero attached hydrogens (tertiary/aromatic N) is 3. The van der Waals surface area contributed by atoms with Gasteiger partial charge in [0.05, 0.1) is 4.90 Å². The van der Waals surface area contributed by atoms with Crippen LogP contribution in [0.2, 0.25) is 0 Å². The van der Waals surface area contributed by atoms with E-state index in [9.17, 15) is 13.2 Å². The number of carbonyl (C=O) groups excluding carboxylic acids is 1. The van der Waals surface area contributed by atoms with Gasteiger partial charge in [-0.25, -0.2) is 8.42 Å². The molecule has 0 amide bonds. The molecular formula is C22H23N3O5S. The molecule has 0 spiro atoms. The van der Waals surface area contributed by atoms with Crippen molar-refractivity contribution in [2.24, 2.45) is 0 Å². The molecule has 0 radical (unpaired) electrons. The molecule has 1 aromatic heterocycles. The van der Waals surface area contributed by atoms with Crippen LogP contribution in [-0.4, -0.2) is 41.4 Å². The Morgan fingerprint density at radius 1 is 1.13 bits per heavy atom. The number of aryl methyl sites for hydroxylation is 1. The maximum absolute atomic E-state index is 13.0. The third-order valence-electron chi connectivity index (χ3n) is 5.19. The predicted octanol–water partition coefficient (Wildman–Crippen LogP) is 3.33. The lowest BCUT2D eigenvalue weighted by Crippen LogP contribution is -2.48. The molecule has 1 atom stereocenters. The van der Waals surface area contributed by atoms with E-state index in [0.29, 0.717) is 18.7 Å². The van der Waals surface area contributed by atoms with Crippen molar-refractivity contribution in [2.75, 3.05) is 6.54 Å². The Morgan fingerprint density at radius 2 is 1.87 bits per heavy atom. The molecule has 0 bridgehead atoms. The lowest BCUT2D eigenvalue weighted by Gasteiger charge is -2.32. The molecule has 8 nitrogen and oxygen atoms in total. The van der Waals surface area contributed by atoms with Gasteiger partial charge < -0.3 is 9.26 Å². The van der Waals surface area contributed by atoms with Gasteiger partial charge in [-0.1, -0.05) is 53.2 Å². The van der Waals surface area contributed by atoms with Gasteiger partial charge in [0.1, 0.15) is 6.04 Å². The third-order valence-corrected chi connectivity index (χ3v) is 7.11. The van der Waals surface area contributed by atoms with E-state index in [1.54, 1.807) is 18.2 Å². The topological polar surface area (TPSA) is 103 Å². The first-order valence-corrected chi connectivity index (χ1v) is 11.5. The van der Waals surface area contributed by atoms with Gasteiger partial charge in [0.25, 0.3) is 5.89 Å². The largest absolute Gasteiger partial charge is 0.454 e. The molecule has 1 fully saturated rings. The number of sulfonamides is 1. The zero-order chi connectivity index (χ0) is 21.8. The molecule has 1 unspecified atom stereocenters. The fourth-order valence-electron chi connectivity index (χ4n) is 3.52. The predicted molar refractivity (Wildman–Crippen MR) is 112 cm³/mol. The van der Waals surface area contributed by atoms with Crippen molar-refractivity contribution in [2.45, 2.75) is 43.7 Å². The van der Waals surface area contributed by atoms with Crippen molar-refractivity contribution in [1.29, 1.82) is 0 Å². The van der Waals surface area contributed by atoms with E-state index in [2.05, 4.69) is 10.1 Å². The van der Waals surface area contributed by atoms with E-state index < -0.39 is 22.0 Å². The minimum absolute atomic E-state index is 0.150. The molecule has 4 rings (SSSR count). The maximum atomic E-state index is 13.0. The van der Waals surface area contributed by atoms with Crippen LogP contribution >= 0.6 is 0 Å². The number of rotatable bonds is 6. The number of hydrogen-bond acceptors (Lipinski definition) is 7. The first kappa shape index (κ1) is 21.2. The molecule has 0 N–H and O–H groups in total. The molecule has 2 heterocycles. The van der Waals surface area contributed by atoms with Gasteiger partial charge >= 0.3 is 5.97 Å². The highest BCUT2D eigenvalue weighted by Gasteiger charge is 2.38. The van der Waals surface area contributed by atoms with Crippen LogP contribution in [0.25, 0.3) is 11.4 Å². The van der Waals surface area contributed by atoms with Crippen LogP contribution in [0, 0.1) is 6.92 Å². The monoisotopic (exact) mass is 441 g/mol. The highest BCUT2D eigenvalue weighted by molar-refractivity contribution is 7.89. The summed E-state index contributed by atoms with van der Waals surface area (Å²) < 4.78 is 37.8. The lowest BCUT2D eigenvalue weighted by atomic mass is 10.1. The van der Waals surface area contributed by atoms with Crippen LogP contribution in [-0.2, 0) is 26.2 Å². The van der Waals surface area contributed by atoms with Crippen molar-refractivity contribution in [3.8, 4) is 11.4 Å². The Bertz CT molecular complexity index is 1140. The number of aromatic nitrogens is 2. The van der Waals surface area contributed by atoms with Crippen molar-refractivity contribution in [3.05, 3.63) is 66.1 Å². The van der Waals surface area contributed by atoms with E-state index >= 15 is 0 Å². The van der Waals surface area contributed by atoms with Crippen LogP contribution in [0.1, 0.15) is 30.7 Å². The van der Waals surface area contributed by atoms with Crippen molar-refractivity contribution >= 4 is 16.0 Å². The number of ether oxygens (including phenoxy) is 1. The molecule has 0 aliphatic carbocycles. The molecule has 9 heteroatoms. The average Bonchev–Trinajstić information content (AvgIpc) is 3.27. The summed E-state index contributed by atoms with van der Waals surface area (Å²) in [5.74, 6) is -0.0662. The Kier molecular flexibility index (Phi) is 6.15. The minimum Gasteiger partial charge on any atom is -0.454 e. The summed E-state index contributed by atoms with van der Waals surface area (Å²) in [6.07, 6.45) is 1.85. The Labute approximate surface area is 180 Å². The maximum Gasteiger partial charge on any atom is 0.324 e. The molecule has 31 heavy (non-hydrogen) atoms. The standard InChI is InChI=1S/C22H23N3O5S/c1-16-10-12-17(13-11-16)21-23-20(30-24-21)15-29-22(26)19-9-5-6-14-25(19)31(27,28)18-7-3-2-4-8-18/h2-4,7-8,10-13,19H,5-6,9,14-15H2,1H3. The SMILES string of the molecule is Cc1ccc(-c2noc(COC(=O)C3CCCCN3S(=O)(=O)c3ccccc3)n2)cc1. The van der Waals surface area contributed by atoms with E-state index in [1.807, 2.05) is 31.2 Å². The van der Waals surface area contributed by atoms with Crippen LogP contribution in [0.3, 0.4) is 0 Å². The molecule has 1 aliphatic rings. The summed E-state index contributed by atoms with van der Waals surface area (Å²) in [6.45, 7) is 2.04. The van der Waals surface area contributed by atoms with Gasteiger partial charge in [0, 0.05) is 12.1 Å². The minimum atomic E-state index is -3.79. The van der Waals surface area contributed by atoms with Crippen molar-refractivity contribution < 1.29 is 22.5 Å². The lowest BCUT2D eigenvalue weighted by molar-refractivity contribution is -0.151. The molecule has 3 aromatic rings. The second-order valence-electron chi connectivity index (χ2n) is 7.43. The second kappa shape index (κ2) is 8.99. The number of esters is 1. The number of carbonyl (C=O) groups is 1. The highest BCUT2D eigenvalue weighted by Crippen LogP contribution is 2.26. The van der Waals surface area contributed by atoms with Crippen LogP contribution in [0.5, 0.6) is 0 Å². The fraction of sp³-hybridized carbons (Fsp3) is 0.318. The second-order valence-corrected chi connectivity index (χ2v) is 9.32. The summed E-state index contributed by atoms with van der Waals surface area (Å²) in [5.41, 5.74) is 1.91. The molecule has 2 aromatic carbocycles. The first-order chi connectivity index (χ1) is 14.9. The Morgan fingerprint density at radius 3 is 2.61 bits per heavy atom. The summed E-state index contributed by atoms with van der Waals surface area (Å²) in [6, 6.07) is 14.9. The van der Waals surface area contributed by atoms with E-state index in [4.69, 9.17) is 9.26 Å². The van der Waals surface area contributed by atoms with Crippen molar-refractivity contribution in [3.63, 3.8) is 0 Å². The summed E-state index contributed by atoms with van der Waals surface area (Å²) >= 11 is 0. The molecule has 0 saturated carbocycles. The van der Waals surface area contributed by atoms with Gasteiger partial charge in [0.2, 0.25) is 15.8 Å². The normalized spacial score (nSPS) is 17.4. The van der Waals surface area contributed by atoms with E-state index in [-0.39, 0.29) is 23.9 Å². The number of piperidine rings is 1. The molecule has 162 valence electrons. The van der Waals surface area contributed by atoms with Crippen LogP contribution in [0.15, 0.2) is 64.0 Å². The van der Waals surface area contributed by atoms with E-state index in [1.165, 1.54) is 16.4 Å². The van der Waals surface area contributed by atoms with Gasteiger partial charge in [-0.15, -0.1) is 0 Å². The number of benzene rings is 2. The summed E-state index contributed by atoms with van der Waals surface area (Å²) in [7, 11) is -3.79. The van der Waals surface area contributed by atoms with Gasteiger partial charge in [-0.05, 0) is 38.3 Å². The molecule has 1 saturated heterocycles. The summed E-state index contributed by atoms with van der Waals surface area (Å²) in [5, 5.41) is 3.92. The quantitative estimate of drug-likeness (QED) is 0.541. The van der Waals surface area contributed by atoms with Crippen molar-refractivity contribution in [1.82, 2.24) is 14.4 Å². The first-order valence-electron chi connectivity index (χ1n) is 10.1. The van der Waals surface area contributed by atoms with Gasteiger partial charge in [0.15, 0.2) is 6.61 Å². The number of hydrogen-bond donors (Lipinski definition) is 0. The zero-order valence-corrected chi connectivity index (χ0v) is 17.9. The molecular weight excluding hydrogens is 418 g/mol.